The number of fused-ring (bicyclic) bond motifs is 3. The average Bonchev–Trinajstić information content (AvgIpc) is 3.17. The van der Waals surface area contributed by atoms with Crippen LogP contribution in [-0.4, -0.2) is 16.0 Å². The summed E-state index contributed by atoms with van der Waals surface area (Å²) in [7, 11) is 0. The van der Waals surface area contributed by atoms with Crippen molar-refractivity contribution < 1.29 is 4.74 Å². The van der Waals surface area contributed by atoms with Gasteiger partial charge in [-0.05, 0) is 42.3 Å². The van der Waals surface area contributed by atoms with Crippen molar-refractivity contribution in [3.8, 4) is 5.75 Å². The third-order valence-corrected chi connectivity index (χ3v) is 5.31. The van der Waals surface area contributed by atoms with E-state index in [1.165, 1.54) is 24.2 Å². The maximum atomic E-state index is 12.8. The highest BCUT2D eigenvalue weighted by Crippen LogP contribution is 2.16. The van der Waals surface area contributed by atoms with Crippen molar-refractivity contribution >= 4 is 33.4 Å². The number of thiazole rings is 1. The molecule has 2 aromatic heterocycles. The van der Waals surface area contributed by atoms with E-state index in [0.29, 0.717) is 4.53 Å². The van der Waals surface area contributed by atoms with Gasteiger partial charge < -0.3 is 4.74 Å². The molecular weight excluding hydrogens is 344 g/mol. The van der Waals surface area contributed by atoms with Gasteiger partial charge >= 0.3 is 0 Å². The van der Waals surface area contributed by atoms with Gasteiger partial charge in [0.2, 0.25) is 0 Å². The van der Waals surface area contributed by atoms with Gasteiger partial charge in [0, 0.05) is 0 Å². The number of aromatic nitrogens is 2. The molecule has 5 heteroatoms. The maximum absolute atomic E-state index is 12.8. The summed E-state index contributed by atoms with van der Waals surface area (Å²) in [5.41, 5.74) is 2.68. The summed E-state index contributed by atoms with van der Waals surface area (Å²) in [5, 5.41) is 0. The van der Waals surface area contributed by atoms with Crippen LogP contribution in [0.25, 0.3) is 22.1 Å². The summed E-state index contributed by atoms with van der Waals surface area (Å²) < 4.78 is 8.11. The third kappa shape index (κ3) is 3.22. The maximum Gasteiger partial charge on any atom is 0.274 e. The molecule has 0 radical (unpaired) electrons. The first-order chi connectivity index (χ1) is 12.8. The highest BCUT2D eigenvalue weighted by atomic mass is 32.1. The number of para-hydroxylation sites is 2. The molecule has 132 valence electrons. The molecule has 0 saturated heterocycles. The summed E-state index contributed by atoms with van der Waals surface area (Å²) in [6.07, 6.45) is 5.37. The lowest BCUT2D eigenvalue weighted by Gasteiger charge is -2.05. The van der Waals surface area contributed by atoms with Crippen molar-refractivity contribution in [3.63, 3.8) is 0 Å². The molecule has 0 aliphatic heterocycles. The summed E-state index contributed by atoms with van der Waals surface area (Å²) in [6.45, 7) is 2.93. The van der Waals surface area contributed by atoms with Crippen molar-refractivity contribution in [3.05, 3.63) is 69.0 Å². The van der Waals surface area contributed by atoms with Gasteiger partial charge in [-0.2, -0.15) is 0 Å². The van der Waals surface area contributed by atoms with Crippen molar-refractivity contribution in [1.82, 2.24) is 9.38 Å². The Morgan fingerprint density at radius 3 is 2.73 bits per heavy atom. The third-order valence-electron chi connectivity index (χ3n) is 4.34. The second-order valence-corrected chi connectivity index (χ2v) is 7.27. The highest BCUT2D eigenvalue weighted by molar-refractivity contribution is 7.15. The monoisotopic (exact) mass is 364 g/mol. The summed E-state index contributed by atoms with van der Waals surface area (Å²) >= 11 is 1.42. The topological polar surface area (TPSA) is 43.6 Å². The van der Waals surface area contributed by atoms with Crippen LogP contribution in [-0.2, 0) is 0 Å². The molecule has 0 aliphatic carbocycles. The van der Waals surface area contributed by atoms with E-state index in [0.717, 1.165) is 40.3 Å². The van der Waals surface area contributed by atoms with Crippen molar-refractivity contribution in [2.45, 2.75) is 26.2 Å². The van der Waals surface area contributed by atoms with Crippen molar-refractivity contribution in [2.24, 2.45) is 0 Å². The fourth-order valence-electron chi connectivity index (χ4n) is 2.97. The van der Waals surface area contributed by atoms with E-state index < -0.39 is 0 Å². The first-order valence-corrected chi connectivity index (χ1v) is 9.72. The number of ether oxygens (including phenoxy) is 1. The quantitative estimate of drug-likeness (QED) is 0.485. The second kappa shape index (κ2) is 7.30. The van der Waals surface area contributed by atoms with Crippen LogP contribution in [0, 0.1) is 0 Å². The Morgan fingerprint density at radius 2 is 1.92 bits per heavy atom. The predicted octanol–water partition coefficient (Wildman–Crippen LogP) is 4.03. The van der Waals surface area contributed by atoms with Crippen LogP contribution >= 0.6 is 11.3 Å². The molecule has 0 unspecified atom stereocenters. The van der Waals surface area contributed by atoms with Crippen LogP contribution in [0.5, 0.6) is 5.75 Å². The summed E-state index contributed by atoms with van der Waals surface area (Å²) in [5.74, 6) is 0.868. The Morgan fingerprint density at radius 1 is 1.12 bits per heavy atom. The van der Waals surface area contributed by atoms with E-state index >= 15 is 0 Å². The SMILES string of the molecule is CCCCCOc1ccc(C=c2sc3nc4ccccc4n3c2=O)cc1. The molecule has 4 rings (SSSR count). The number of hydrogen-bond acceptors (Lipinski definition) is 4. The fraction of sp³-hybridized carbons (Fsp3) is 0.238. The number of imidazole rings is 1. The number of nitrogens with zero attached hydrogens (tertiary/aromatic N) is 2. The molecule has 0 aliphatic rings. The molecule has 4 nitrogen and oxygen atoms in total. The van der Waals surface area contributed by atoms with E-state index in [-0.39, 0.29) is 5.56 Å². The zero-order chi connectivity index (χ0) is 17.9. The minimum absolute atomic E-state index is 0.0152. The smallest absolute Gasteiger partial charge is 0.274 e. The molecule has 4 aromatic rings. The van der Waals surface area contributed by atoms with E-state index in [4.69, 9.17) is 4.74 Å². The summed E-state index contributed by atoms with van der Waals surface area (Å²) in [4.78, 5) is 18.0. The molecule has 2 heterocycles. The Labute approximate surface area is 155 Å². The highest BCUT2D eigenvalue weighted by Gasteiger charge is 2.10. The lowest BCUT2D eigenvalue weighted by atomic mass is 10.2. The van der Waals surface area contributed by atoms with E-state index in [9.17, 15) is 4.79 Å². The van der Waals surface area contributed by atoms with Gasteiger partial charge in [-0.1, -0.05) is 55.4 Å². The standard InChI is InChI=1S/C21H20N2O2S/c1-2-3-6-13-25-16-11-9-15(10-12-16)14-19-20(24)23-18-8-5-4-7-17(18)22-21(23)26-19/h4-5,7-12,14H,2-3,6,13H2,1H3. The second-order valence-electron chi connectivity index (χ2n) is 6.26. The number of hydrogen-bond donors (Lipinski definition) is 0. The molecule has 0 spiro atoms. The zero-order valence-corrected chi connectivity index (χ0v) is 15.5. The Kier molecular flexibility index (Phi) is 4.71. The fourth-order valence-corrected chi connectivity index (χ4v) is 3.95. The molecule has 2 aromatic carbocycles. The minimum atomic E-state index is -0.0152. The van der Waals surface area contributed by atoms with E-state index in [1.54, 1.807) is 4.40 Å². The molecule has 26 heavy (non-hydrogen) atoms. The van der Waals surface area contributed by atoms with Crippen molar-refractivity contribution in [1.29, 1.82) is 0 Å². The Hall–Kier alpha value is -2.66. The number of unbranched alkanes of at least 4 members (excludes halogenated alkanes) is 2. The van der Waals surface area contributed by atoms with E-state index in [2.05, 4.69) is 11.9 Å². The van der Waals surface area contributed by atoms with Crippen molar-refractivity contribution in [2.75, 3.05) is 6.61 Å². The van der Waals surface area contributed by atoms with Crippen LogP contribution in [0.1, 0.15) is 31.7 Å². The average molecular weight is 364 g/mol. The Balaban J connectivity index is 1.62. The summed E-state index contributed by atoms with van der Waals surface area (Å²) in [6, 6.07) is 15.6. The van der Waals surface area contributed by atoms with Gasteiger partial charge in [-0.3, -0.25) is 4.79 Å². The van der Waals surface area contributed by atoms with Crippen LogP contribution in [0.2, 0.25) is 0 Å². The van der Waals surface area contributed by atoms with Crippen LogP contribution < -0.4 is 14.8 Å². The molecule has 0 atom stereocenters. The first kappa shape index (κ1) is 16.8. The molecular formula is C21H20N2O2S. The number of benzene rings is 2. The lowest BCUT2D eigenvalue weighted by molar-refractivity contribution is 0.306. The largest absolute Gasteiger partial charge is 0.494 e. The predicted molar refractivity (Wildman–Crippen MR) is 107 cm³/mol. The zero-order valence-electron chi connectivity index (χ0n) is 14.6. The van der Waals surface area contributed by atoms with Crippen LogP contribution in [0.4, 0.5) is 0 Å². The minimum Gasteiger partial charge on any atom is -0.494 e. The van der Waals surface area contributed by atoms with Crippen LogP contribution in [0.3, 0.4) is 0 Å². The van der Waals surface area contributed by atoms with Gasteiger partial charge in [-0.25, -0.2) is 9.38 Å². The van der Waals surface area contributed by atoms with E-state index in [1.807, 2.05) is 54.6 Å². The van der Waals surface area contributed by atoms with Crippen LogP contribution in [0.15, 0.2) is 53.3 Å². The van der Waals surface area contributed by atoms with Gasteiger partial charge in [-0.15, -0.1) is 0 Å². The van der Waals surface area contributed by atoms with Gasteiger partial charge in [0.25, 0.3) is 5.56 Å². The molecule has 0 fully saturated rings. The molecule has 0 saturated carbocycles. The molecule has 0 amide bonds. The Bertz CT molecular complexity index is 1140. The van der Waals surface area contributed by atoms with Gasteiger partial charge in [0.15, 0.2) is 4.96 Å². The first-order valence-electron chi connectivity index (χ1n) is 8.91. The molecule has 0 bridgehead atoms. The number of rotatable bonds is 6. The lowest BCUT2D eigenvalue weighted by Crippen LogP contribution is -2.22. The van der Waals surface area contributed by atoms with Gasteiger partial charge in [0.05, 0.1) is 22.2 Å². The molecule has 0 N–H and O–H groups in total. The normalized spacial score (nSPS) is 12.3. The van der Waals surface area contributed by atoms with Gasteiger partial charge in [0.1, 0.15) is 5.75 Å².